The van der Waals surface area contributed by atoms with Gasteiger partial charge in [0.1, 0.15) is 5.60 Å². The molecule has 0 aliphatic carbocycles. The number of aliphatic hydroxyl groups excluding tert-OH is 1. The molecule has 0 aromatic heterocycles. The van der Waals surface area contributed by atoms with Gasteiger partial charge in [0.05, 0.1) is 19.2 Å². The fourth-order valence-electron chi connectivity index (χ4n) is 2.18. The van der Waals surface area contributed by atoms with E-state index in [-0.39, 0.29) is 12.6 Å². The molecule has 0 radical (unpaired) electrons. The van der Waals surface area contributed by atoms with Gasteiger partial charge in [0.25, 0.3) is 0 Å². The molecule has 5 heteroatoms. The molecule has 1 aromatic carbocycles. The molecule has 2 rings (SSSR count). The Morgan fingerprint density at radius 1 is 1.45 bits per heavy atom. The summed E-state index contributed by atoms with van der Waals surface area (Å²) in [4.78, 5) is 13.9. The predicted molar refractivity (Wildman–Crippen MR) is 77.6 cm³/mol. The first-order valence-corrected chi connectivity index (χ1v) is 6.83. The zero-order chi connectivity index (χ0) is 14.8. The quantitative estimate of drug-likeness (QED) is 0.827. The molecule has 0 saturated carbocycles. The number of rotatable bonds is 1. The fraction of sp³-hybridized carbons (Fsp3) is 0.533. The number of para-hydroxylation sites is 1. The van der Waals surface area contributed by atoms with Crippen molar-refractivity contribution in [2.24, 2.45) is 0 Å². The molecule has 110 valence electrons. The van der Waals surface area contributed by atoms with E-state index in [2.05, 4.69) is 5.32 Å². The number of benzene rings is 1. The van der Waals surface area contributed by atoms with Crippen LogP contribution >= 0.6 is 0 Å². The second-order valence-electron chi connectivity index (χ2n) is 5.98. The van der Waals surface area contributed by atoms with Gasteiger partial charge in [0.2, 0.25) is 0 Å². The topological polar surface area (TPSA) is 61.8 Å². The molecule has 20 heavy (non-hydrogen) atoms. The van der Waals surface area contributed by atoms with Crippen molar-refractivity contribution < 1.29 is 14.6 Å². The van der Waals surface area contributed by atoms with Gasteiger partial charge in [-0.25, -0.2) is 4.79 Å². The molecule has 2 N–H and O–H groups in total. The average molecular weight is 278 g/mol. The molecule has 1 aliphatic heterocycles. The number of carbonyl (C=O) groups is 1. The number of aliphatic hydroxyl groups is 1. The summed E-state index contributed by atoms with van der Waals surface area (Å²) in [6.07, 6.45) is -0.393. The summed E-state index contributed by atoms with van der Waals surface area (Å²) in [5.41, 5.74) is 1.47. The minimum Gasteiger partial charge on any atom is -0.444 e. The molecule has 0 spiro atoms. The number of fused-ring (bicyclic) bond motifs is 1. The lowest BCUT2D eigenvalue weighted by molar-refractivity contribution is 0.00926. The fourth-order valence-corrected chi connectivity index (χ4v) is 2.18. The van der Waals surface area contributed by atoms with Crippen LogP contribution < -0.4 is 5.32 Å². The number of hydrogen-bond donors (Lipinski definition) is 2. The molecule has 1 aromatic rings. The number of ether oxygens (including phenoxy) is 1. The highest BCUT2D eigenvalue weighted by Crippen LogP contribution is 2.23. The number of anilines is 1. The van der Waals surface area contributed by atoms with Crippen LogP contribution in [0.1, 0.15) is 26.3 Å². The van der Waals surface area contributed by atoms with E-state index in [0.717, 1.165) is 11.3 Å². The molecule has 5 nitrogen and oxygen atoms in total. The van der Waals surface area contributed by atoms with E-state index in [1.165, 1.54) is 0 Å². The standard InChI is InChI=1S/C15H22N2O3/c1-15(2,3)20-14(19)17-9-11-6-4-5-7-13(11)16-8-12(17)10-18/h4-7,12,16,18H,8-10H2,1-3H3. The van der Waals surface area contributed by atoms with Crippen molar-refractivity contribution in [1.29, 1.82) is 0 Å². The van der Waals surface area contributed by atoms with Crippen LogP contribution in [0.5, 0.6) is 0 Å². The maximum atomic E-state index is 12.3. The SMILES string of the molecule is CC(C)(C)OC(=O)N1Cc2ccccc2NCC1CO. The van der Waals surface area contributed by atoms with Crippen LogP contribution in [0.15, 0.2) is 24.3 Å². The number of nitrogens with one attached hydrogen (secondary N) is 1. The van der Waals surface area contributed by atoms with Crippen molar-refractivity contribution in [2.75, 3.05) is 18.5 Å². The van der Waals surface area contributed by atoms with E-state index >= 15 is 0 Å². The van der Waals surface area contributed by atoms with E-state index in [0.29, 0.717) is 13.1 Å². The van der Waals surface area contributed by atoms with Crippen molar-refractivity contribution in [1.82, 2.24) is 4.90 Å². The lowest BCUT2D eigenvalue weighted by atomic mass is 10.1. The van der Waals surface area contributed by atoms with E-state index in [9.17, 15) is 9.90 Å². The predicted octanol–water partition coefficient (Wildman–Crippen LogP) is 2.21. The van der Waals surface area contributed by atoms with Gasteiger partial charge in [-0.1, -0.05) is 18.2 Å². The van der Waals surface area contributed by atoms with Crippen LogP contribution in [-0.2, 0) is 11.3 Å². The monoisotopic (exact) mass is 278 g/mol. The van der Waals surface area contributed by atoms with Crippen molar-refractivity contribution in [3.63, 3.8) is 0 Å². The third kappa shape index (κ3) is 3.42. The third-order valence-corrected chi connectivity index (χ3v) is 3.17. The van der Waals surface area contributed by atoms with Crippen LogP contribution in [-0.4, -0.2) is 40.9 Å². The summed E-state index contributed by atoms with van der Waals surface area (Å²) in [6.45, 7) is 6.35. The van der Waals surface area contributed by atoms with E-state index in [4.69, 9.17) is 4.74 Å². The molecule has 1 heterocycles. The molecular formula is C15H22N2O3. The number of hydrogen-bond acceptors (Lipinski definition) is 4. The molecule has 1 aliphatic rings. The normalized spacial score (nSPS) is 18.8. The zero-order valence-corrected chi connectivity index (χ0v) is 12.2. The molecule has 0 saturated heterocycles. The van der Waals surface area contributed by atoms with Crippen LogP contribution in [0.25, 0.3) is 0 Å². The summed E-state index contributed by atoms with van der Waals surface area (Å²) in [5.74, 6) is 0. The minimum atomic E-state index is -0.545. The average Bonchev–Trinajstić information content (AvgIpc) is 2.55. The van der Waals surface area contributed by atoms with Crippen LogP contribution in [0, 0.1) is 0 Å². The van der Waals surface area contributed by atoms with E-state index < -0.39 is 11.7 Å². The zero-order valence-electron chi connectivity index (χ0n) is 12.2. The number of amides is 1. The minimum absolute atomic E-state index is 0.0970. The molecular weight excluding hydrogens is 256 g/mol. The molecule has 0 fully saturated rings. The summed E-state index contributed by atoms with van der Waals surface area (Å²) < 4.78 is 5.43. The maximum Gasteiger partial charge on any atom is 0.410 e. The van der Waals surface area contributed by atoms with Crippen LogP contribution in [0.3, 0.4) is 0 Å². The van der Waals surface area contributed by atoms with Crippen molar-refractivity contribution >= 4 is 11.8 Å². The van der Waals surface area contributed by atoms with Crippen LogP contribution in [0.4, 0.5) is 10.5 Å². The summed E-state index contributed by atoms with van der Waals surface area (Å²) >= 11 is 0. The highest BCUT2D eigenvalue weighted by molar-refractivity contribution is 5.70. The van der Waals surface area contributed by atoms with Gasteiger partial charge in [-0.15, -0.1) is 0 Å². The molecule has 1 unspecified atom stereocenters. The first kappa shape index (κ1) is 14.7. The Morgan fingerprint density at radius 2 is 2.15 bits per heavy atom. The second-order valence-corrected chi connectivity index (χ2v) is 5.98. The first-order valence-electron chi connectivity index (χ1n) is 6.83. The Hall–Kier alpha value is -1.75. The van der Waals surface area contributed by atoms with Crippen molar-refractivity contribution in [2.45, 2.75) is 39.0 Å². The lowest BCUT2D eigenvalue weighted by Gasteiger charge is -2.31. The Balaban J connectivity index is 2.22. The van der Waals surface area contributed by atoms with Gasteiger partial charge >= 0.3 is 6.09 Å². The van der Waals surface area contributed by atoms with Crippen molar-refractivity contribution in [3.05, 3.63) is 29.8 Å². The Bertz CT molecular complexity index is 482. The van der Waals surface area contributed by atoms with Gasteiger partial charge in [0.15, 0.2) is 0 Å². The molecule has 0 bridgehead atoms. The largest absolute Gasteiger partial charge is 0.444 e. The highest BCUT2D eigenvalue weighted by Gasteiger charge is 2.30. The van der Waals surface area contributed by atoms with Gasteiger partial charge in [0, 0.05) is 12.2 Å². The van der Waals surface area contributed by atoms with Gasteiger partial charge < -0.3 is 15.2 Å². The third-order valence-electron chi connectivity index (χ3n) is 3.17. The lowest BCUT2D eigenvalue weighted by Crippen LogP contribution is -2.46. The highest BCUT2D eigenvalue weighted by atomic mass is 16.6. The van der Waals surface area contributed by atoms with E-state index in [1.807, 2.05) is 45.0 Å². The Labute approximate surface area is 119 Å². The van der Waals surface area contributed by atoms with Gasteiger partial charge in [-0.3, -0.25) is 4.90 Å². The second kappa shape index (κ2) is 5.71. The maximum absolute atomic E-state index is 12.3. The Morgan fingerprint density at radius 3 is 2.80 bits per heavy atom. The Kier molecular flexibility index (Phi) is 4.18. The smallest absolute Gasteiger partial charge is 0.410 e. The number of nitrogens with zero attached hydrogens (tertiary/aromatic N) is 1. The van der Waals surface area contributed by atoms with E-state index in [1.54, 1.807) is 4.90 Å². The summed E-state index contributed by atoms with van der Waals surface area (Å²) in [5, 5.41) is 12.8. The summed E-state index contributed by atoms with van der Waals surface area (Å²) in [6, 6.07) is 7.54. The van der Waals surface area contributed by atoms with Crippen LogP contribution in [0.2, 0.25) is 0 Å². The molecule has 1 atom stereocenters. The summed E-state index contributed by atoms with van der Waals surface area (Å²) in [7, 11) is 0. The van der Waals surface area contributed by atoms with Gasteiger partial charge in [-0.2, -0.15) is 0 Å². The molecule has 1 amide bonds. The van der Waals surface area contributed by atoms with Crippen molar-refractivity contribution in [3.8, 4) is 0 Å². The number of carbonyl (C=O) groups excluding carboxylic acids is 1. The van der Waals surface area contributed by atoms with Gasteiger partial charge in [-0.05, 0) is 32.4 Å². The first-order chi connectivity index (χ1) is 9.40.